The molecule has 1 aliphatic rings. The summed E-state index contributed by atoms with van der Waals surface area (Å²) in [5, 5.41) is 0. The van der Waals surface area contributed by atoms with Gasteiger partial charge in [-0.15, -0.1) is 0 Å². The Balaban J connectivity index is 2.80. The Morgan fingerprint density at radius 2 is 2.00 bits per heavy atom. The number of nitrogens with two attached hydrogens (primary N) is 1. The van der Waals surface area contributed by atoms with Gasteiger partial charge in [-0.1, -0.05) is 0 Å². The zero-order chi connectivity index (χ0) is 12.5. The third-order valence-corrected chi connectivity index (χ3v) is 2.13. The van der Waals surface area contributed by atoms with Crippen molar-refractivity contribution in [3.05, 3.63) is 0 Å². The smallest absolute Gasteiger partial charge is 0.417 e. The maximum absolute atomic E-state index is 11.7. The fraction of sp³-hybridized carbons (Fsp3) is 0.700. The molecule has 6 nitrogen and oxygen atoms in total. The highest BCUT2D eigenvalue weighted by molar-refractivity contribution is 6.00. The molecule has 90 valence electrons. The van der Waals surface area contributed by atoms with Crippen LogP contribution in [0.3, 0.4) is 0 Å². The molecule has 0 saturated carbocycles. The number of nitrogens with zero attached hydrogens (tertiary/aromatic N) is 1. The molecule has 1 saturated heterocycles. The fourth-order valence-corrected chi connectivity index (χ4v) is 1.49. The van der Waals surface area contributed by atoms with Gasteiger partial charge in [-0.2, -0.15) is 0 Å². The Kier molecular flexibility index (Phi) is 3.21. The van der Waals surface area contributed by atoms with Crippen molar-refractivity contribution < 1.29 is 19.1 Å². The zero-order valence-electron chi connectivity index (χ0n) is 9.65. The van der Waals surface area contributed by atoms with Gasteiger partial charge in [-0.3, -0.25) is 9.59 Å². The van der Waals surface area contributed by atoms with Gasteiger partial charge in [-0.25, -0.2) is 9.69 Å². The molecule has 1 atom stereocenters. The lowest BCUT2D eigenvalue weighted by molar-refractivity contribution is -0.133. The molecule has 0 aliphatic carbocycles. The number of primary amides is 1. The molecular weight excluding hydrogens is 212 g/mol. The average molecular weight is 228 g/mol. The molecule has 1 fully saturated rings. The number of ether oxygens (including phenoxy) is 1. The summed E-state index contributed by atoms with van der Waals surface area (Å²) >= 11 is 0. The minimum atomic E-state index is -0.873. The minimum Gasteiger partial charge on any atom is -0.443 e. The number of imide groups is 1. The van der Waals surface area contributed by atoms with Crippen LogP contribution >= 0.6 is 0 Å². The van der Waals surface area contributed by atoms with Crippen LogP contribution in [0.1, 0.15) is 33.6 Å². The molecule has 0 bridgehead atoms. The predicted molar refractivity (Wildman–Crippen MR) is 55.3 cm³/mol. The summed E-state index contributed by atoms with van der Waals surface area (Å²) in [5.41, 5.74) is 4.41. The lowest BCUT2D eigenvalue weighted by Crippen LogP contribution is -2.47. The van der Waals surface area contributed by atoms with Gasteiger partial charge in [0.25, 0.3) is 0 Å². The number of carbonyl (C=O) groups is 3. The number of likely N-dealkylation sites (tertiary alicyclic amines) is 1. The van der Waals surface area contributed by atoms with E-state index in [4.69, 9.17) is 10.5 Å². The highest BCUT2D eigenvalue weighted by atomic mass is 16.6. The summed E-state index contributed by atoms with van der Waals surface area (Å²) in [5.74, 6) is -1.10. The Hall–Kier alpha value is -1.59. The monoisotopic (exact) mass is 228 g/mol. The third-order valence-electron chi connectivity index (χ3n) is 2.13. The molecule has 0 aromatic heterocycles. The van der Waals surface area contributed by atoms with E-state index in [0.717, 1.165) is 4.90 Å². The average Bonchev–Trinajstić information content (AvgIpc) is 2.43. The first kappa shape index (κ1) is 12.5. The van der Waals surface area contributed by atoms with E-state index in [0.29, 0.717) is 0 Å². The second-order valence-corrected chi connectivity index (χ2v) is 4.70. The SMILES string of the molecule is CC(C)(C)OC(=O)N1C(=O)CC[C@H]1C(N)=O. The summed E-state index contributed by atoms with van der Waals surface area (Å²) < 4.78 is 5.03. The van der Waals surface area contributed by atoms with Crippen LogP contribution < -0.4 is 5.73 Å². The minimum absolute atomic E-state index is 0.146. The fourth-order valence-electron chi connectivity index (χ4n) is 1.49. The molecule has 0 aromatic carbocycles. The van der Waals surface area contributed by atoms with E-state index >= 15 is 0 Å². The number of carbonyl (C=O) groups excluding carboxylic acids is 3. The molecule has 1 rings (SSSR count). The molecular formula is C10H16N2O4. The van der Waals surface area contributed by atoms with Crippen molar-refractivity contribution in [2.75, 3.05) is 0 Å². The van der Waals surface area contributed by atoms with E-state index in [2.05, 4.69) is 0 Å². The normalized spacial score (nSPS) is 21.1. The van der Waals surface area contributed by atoms with Crippen molar-refractivity contribution >= 4 is 17.9 Å². The van der Waals surface area contributed by atoms with E-state index in [9.17, 15) is 14.4 Å². The molecule has 1 heterocycles. The lowest BCUT2D eigenvalue weighted by Gasteiger charge is -2.25. The van der Waals surface area contributed by atoms with Crippen LogP contribution in [-0.2, 0) is 14.3 Å². The van der Waals surface area contributed by atoms with Gasteiger partial charge in [0.05, 0.1) is 0 Å². The first-order valence-electron chi connectivity index (χ1n) is 5.07. The molecule has 2 N–H and O–H groups in total. The largest absolute Gasteiger partial charge is 0.443 e. The topological polar surface area (TPSA) is 89.7 Å². The molecule has 1 aliphatic heterocycles. The van der Waals surface area contributed by atoms with Crippen molar-refractivity contribution in [1.29, 1.82) is 0 Å². The molecule has 6 heteroatoms. The van der Waals surface area contributed by atoms with Gasteiger partial charge >= 0.3 is 6.09 Å². The van der Waals surface area contributed by atoms with Crippen molar-refractivity contribution in [2.45, 2.75) is 45.3 Å². The number of hydrogen-bond acceptors (Lipinski definition) is 4. The summed E-state index contributed by atoms with van der Waals surface area (Å²) in [6, 6.07) is -0.873. The molecule has 3 amide bonds. The highest BCUT2D eigenvalue weighted by Gasteiger charge is 2.41. The quantitative estimate of drug-likeness (QED) is 0.703. The third kappa shape index (κ3) is 2.71. The summed E-state index contributed by atoms with van der Waals surface area (Å²) in [7, 11) is 0. The Morgan fingerprint density at radius 3 is 2.44 bits per heavy atom. The van der Waals surface area contributed by atoms with Crippen LogP contribution in [0, 0.1) is 0 Å². The number of amides is 3. The van der Waals surface area contributed by atoms with Gasteiger partial charge in [0.1, 0.15) is 11.6 Å². The first-order valence-corrected chi connectivity index (χ1v) is 5.07. The molecule has 16 heavy (non-hydrogen) atoms. The van der Waals surface area contributed by atoms with Crippen LogP contribution in [0.2, 0.25) is 0 Å². The molecule has 0 spiro atoms. The zero-order valence-corrected chi connectivity index (χ0v) is 9.65. The highest BCUT2D eigenvalue weighted by Crippen LogP contribution is 2.21. The maximum atomic E-state index is 11.7. The Bertz CT molecular complexity index is 332. The second-order valence-electron chi connectivity index (χ2n) is 4.70. The van der Waals surface area contributed by atoms with E-state index in [1.807, 2.05) is 0 Å². The Labute approximate surface area is 93.7 Å². The van der Waals surface area contributed by atoms with Crippen LogP contribution in [-0.4, -0.2) is 34.5 Å². The number of rotatable bonds is 1. The van der Waals surface area contributed by atoms with Crippen molar-refractivity contribution in [1.82, 2.24) is 4.90 Å². The van der Waals surface area contributed by atoms with E-state index in [-0.39, 0.29) is 12.8 Å². The van der Waals surface area contributed by atoms with Crippen LogP contribution in [0.15, 0.2) is 0 Å². The van der Waals surface area contributed by atoms with Gasteiger partial charge in [0.15, 0.2) is 0 Å². The van der Waals surface area contributed by atoms with E-state index in [1.54, 1.807) is 20.8 Å². The lowest BCUT2D eigenvalue weighted by atomic mass is 10.2. The van der Waals surface area contributed by atoms with Crippen LogP contribution in [0.25, 0.3) is 0 Å². The van der Waals surface area contributed by atoms with Crippen LogP contribution in [0.5, 0.6) is 0 Å². The molecule has 0 radical (unpaired) electrons. The van der Waals surface area contributed by atoms with Crippen molar-refractivity contribution in [3.63, 3.8) is 0 Å². The molecule has 0 aromatic rings. The van der Waals surface area contributed by atoms with Crippen molar-refractivity contribution in [2.24, 2.45) is 5.73 Å². The Morgan fingerprint density at radius 1 is 1.44 bits per heavy atom. The van der Waals surface area contributed by atoms with Gasteiger partial charge in [0, 0.05) is 6.42 Å². The molecule has 0 unspecified atom stereocenters. The van der Waals surface area contributed by atoms with Crippen LogP contribution in [0.4, 0.5) is 4.79 Å². The van der Waals surface area contributed by atoms with Crippen molar-refractivity contribution in [3.8, 4) is 0 Å². The van der Waals surface area contributed by atoms with E-state index < -0.39 is 29.6 Å². The standard InChI is InChI=1S/C10H16N2O4/c1-10(2,3)16-9(15)12-6(8(11)14)4-5-7(12)13/h6H,4-5H2,1-3H3,(H2,11,14)/t6-/m0/s1. The number of hydrogen-bond donors (Lipinski definition) is 1. The first-order chi connectivity index (χ1) is 7.22. The summed E-state index contributed by atoms with van der Waals surface area (Å²) in [6.45, 7) is 5.06. The van der Waals surface area contributed by atoms with Gasteiger partial charge < -0.3 is 10.5 Å². The van der Waals surface area contributed by atoms with Gasteiger partial charge in [0.2, 0.25) is 11.8 Å². The predicted octanol–water partition coefficient (Wildman–Crippen LogP) is 0.398. The van der Waals surface area contributed by atoms with Gasteiger partial charge in [-0.05, 0) is 27.2 Å². The second kappa shape index (κ2) is 4.11. The summed E-state index contributed by atoms with van der Waals surface area (Å²) in [4.78, 5) is 35.0. The maximum Gasteiger partial charge on any atom is 0.417 e. The summed E-state index contributed by atoms with van der Waals surface area (Å²) in [6.07, 6.45) is -0.390. The van der Waals surface area contributed by atoms with E-state index in [1.165, 1.54) is 0 Å².